The average molecular weight is 437 g/mol. The van der Waals surface area contributed by atoms with E-state index in [9.17, 15) is 4.79 Å². The van der Waals surface area contributed by atoms with Gasteiger partial charge in [-0.3, -0.25) is 0 Å². The molecule has 0 bridgehead atoms. The lowest BCUT2D eigenvalue weighted by atomic mass is 9.97. The number of allylic oxidation sites excluding steroid dienone is 1. The van der Waals surface area contributed by atoms with Crippen LogP contribution in [0.25, 0.3) is 0 Å². The highest BCUT2D eigenvalue weighted by molar-refractivity contribution is 6.99. The van der Waals surface area contributed by atoms with Gasteiger partial charge in [0.05, 0.1) is 12.9 Å². The second-order valence-electron chi connectivity index (χ2n) is 8.80. The Morgan fingerprint density at radius 3 is 2.16 bits per heavy atom. The Balaban J connectivity index is 1.96. The molecule has 1 unspecified atom stereocenters. The summed E-state index contributed by atoms with van der Waals surface area (Å²) in [6.45, 7) is 10.6. The predicted molar refractivity (Wildman–Crippen MR) is 127 cm³/mol. The number of benzene rings is 2. The minimum atomic E-state index is -2.65. The van der Waals surface area contributed by atoms with Crippen LogP contribution in [-0.4, -0.2) is 27.2 Å². The molecule has 1 atom stereocenters. The summed E-state index contributed by atoms with van der Waals surface area (Å²) < 4.78 is 17.3. The van der Waals surface area contributed by atoms with Gasteiger partial charge in [0, 0.05) is 0 Å². The minimum absolute atomic E-state index is 0.108. The molecule has 5 heteroatoms. The molecule has 0 aliphatic heterocycles. The number of carbonyl (C=O) groups excluding carboxylic acids is 1. The van der Waals surface area contributed by atoms with Crippen molar-refractivity contribution in [2.24, 2.45) is 0 Å². The topological polar surface area (TPSA) is 44.8 Å². The third-order valence-corrected chi connectivity index (χ3v) is 10.8. The van der Waals surface area contributed by atoms with Gasteiger partial charge >= 0.3 is 6.16 Å². The Bertz CT molecular complexity index is 861. The van der Waals surface area contributed by atoms with Crippen molar-refractivity contribution in [1.82, 2.24) is 0 Å². The molecule has 31 heavy (non-hydrogen) atoms. The molecule has 0 radical (unpaired) electrons. The highest BCUT2D eigenvalue weighted by Gasteiger charge is 2.50. The summed E-state index contributed by atoms with van der Waals surface area (Å²) in [5.74, 6) is 0. The molecule has 0 heterocycles. The first-order chi connectivity index (χ1) is 14.9. The molecular weight excluding hydrogens is 404 g/mol. The van der Waals surface area contributed by atoms with Gasteiger partial charge in [0.2, 0.25) is 0 Å². The number of rotatable bonds is 7. The summed E-state index contributed by atoms with van der Waals surface area (Å²) in [6, 6.07) is 21.1. The standard InChI is InChI=1S/C26H32O4Si/c1-5-28-25(27)30-24-19-13-12-14-21(24)20-29-31(26(2,3)4,22-15-8-6-9-16-22)23-17-10-7-11-18-23/h5-11,14-18,24H,1,12-13,19-20H2,2-4H3. The van der Waals surface area contributed by atoms with Crippen molar-refractivity contribution < 1.29 is 18.7 Å². The largest absolute Gasteiger partial charge is 0.513 e. The van der Waals surface area contributed by atoms with Crippen LogP contribution in [0.2, 0.25) is 5.04 Å². The zero-order valence-corrected chi connectivity index (χ0v) is 19.7. The monoisotopic (exact) mass is 436 g/mol. The van der Waals surface area contributed by atoms with Crippen molar-refractivity contribution in [3.8, 4) is 0 Å². The van der Waals surface area contributed by atoms with Crippen LogP contribution in [0.3, 0.4) is 0 Å². The summed E-state index contributed by atoms with van der Waals surface area (Å²) in [6.07, 6.45) is 4.87. The van der Waals surface area contributed by atoms with Gasteiger partial charge in [-0.05, 0) is 40.2 Å². The van der Waals surface area contributed by atoms with Gasteiger partial charge in [-0.25, -0.2) is 4.79 Å². The van der Waals surface area contributed by atoms with Crippen LogP contribution in [-0.2, 0) is 13.9 Å². The van der Waals surface area contributed by atoms with Crippen LogP contribution in [0, 0.1) is 0 Å². The van der Waals surface area contributed by atoms with Crippen LogP contribution in [0.15, 0.2) is 85.2 Å². The Hall–Kier alpha value is -2.63. The minimum Gasteiger partial charge on any atom is -0.426 e. The quantitative estimate of drug-likeness (QED) is 0.254. The van der Waals surface area contributed by atoms with Gasteiger partial charge in [0.25, 0.3) is 8.32 Å². The maximum atomic E-state index is 11.9. The Morgan fingerprint density at radius 1 is 1.06 bits per heavy atom. The van der Waals surface area contributed by atoms with E-state index in [0.29, 0.717) is 6.61 Å². The molecule has 0 fully saturated rings. The number of hydrogen-bond acceptors (Lipinski definition) is 4. The van der Waals surface area contributed by atoms with Gasteiger partial charge in [0.15, 0.2) is 0 Å². The van der Waals surface area contributed by atoms with E-state index in [4.69, 9.17) is 13.9 Å². The van der Waals surface area contributed by atoms with E-state index in [1.165, 1.54) is 10.4 Å². The number of ether oxygens (including phenoxy) is 2. The lowest BCUT2D eigenvalue weighted by Gasteiger charge is -2.43. The number of carbonyl (C=O) groups is 1. The third kappa shape index (κ3) is 5.17. The van der Waals surface area contributed by atoms with Crippen molar-refractivity contribution in [1.29, 1.82) is 0 Å². The summed E-state index contributed by atoms with van der Waals surface area (Å²) in [5, 5.41) is 2.35. The lowest BCUT2D eigenvalue weighted by molar-refractivity contribution is 0.0506. The van der Waals surface area contributed by atoms with Crippen LogP contribution in [0.1, 0.15) is 40.0 Å². The van der Waals surface area contributed by atoms with Gasteiger partial charge < -0.3 is 13.9 Å². The molecule has 0 aromatic heterocycles. The molecule has 0 amide bonds. The first kappa shape index (κ1) is 23.0. The zero-order valence-electron chi connectivity index (χ0n) is 18.7. The Labute approximate surface area is 186 Å². The molecule has 1 aliphatic rings. The second-order valence-corrected chi connectivity index (χ2v) is 13.1. The van der Waals surface area contributed by atoms with Crippen molar-refractivity contribution in [2.75, 3.05) is 6.61 Å². The SMILES string of the molecule is C=COC(=O)OC1CCCC=C1CO[Si](c1ccccc1)(c1ccccc1)C(C)(C)C. The zero-order chi connectivity index (χ0) is 22.3. The average Bonchev–Trinajstić information content (AvgIpc) is 2.76. The van der Waals surface area contributed by atoms with Crippen LogP contribution >= 0.6 is 0 Å². The lowest BCUT2D eigenvalue weighted by Crippen LogP contribution is -2.66. The summed E-state index contributed by atoms with van der Waals surface area (Å²) in [4.78, 5) is 11.9. The van der Waals surface area contributed by atoms with Crippen molar-refractivity contribution in [3.05, 3.63) is 85.2 Å². The van der Waals surface area contributed by atoms with E-state index in [2.05, 4.69) is 82.0 Å². The molecule has 1 aliphatic carbocycles. The van der Waals surface area contributed by atoms with Crippen LogP contribution in [0.5, 0.6) is 0 Å². The summed E-state index contributed by atoms with van der Waals surface area (Å²) in [5.41, 5.74) is 1.00. The van der Waals surface area contributed by atoms with Crippen molar-refractivity contribution in [2.45, 2.75) is 51.2 Å². The first-order valence-electron chi connectivity index (χ1n) is 10.8. The Kier molecular flexibility index (Phi) is 7.52. The fourth-order valence-electron chi connectivity index (χ4n) is 4.36. The maximum absolute atomic E-state index is 11.9. The molecule has 0 spiro atoms. The van der Waals surface area contributed by atoms with Crippen LogP contribution in [0.4, 0.5) is 4.79 Å². The first-order valence-corrected chi connectivity index (χ1v) is 12.7. The molecular formula is C26H32O4Si. The predicted octanol–water partition coefficient (Wildman–Crippen LogP) is 5.34. The number of hydrogen-bond donors (Lipinski definition) is 0. The highest BCUT2D eigenvalue weighted by Crippen LogP contribution is 2.37. The fourth-order valence-corrected chi connectivity index (χ4v) is 8.90. The molecule has 4 nitrogen and oxygen atoms in total. The van der Waals surface area contributed by atoms with Crippen LogP contribution < -0.4 is 10.4 Å². The van der Waals surface area contributed by atoms with Gasteiger partial charge in [-0.2, -0.15) is 0 Å². The fraction of sp³-hybridized carbons (Fsp3) is 0.346. The van der Waals surface area contributed by atoms with Crippen molar-refractivity contribution >= 4 is 24.8 Å². The molecule has 2 aromatic rings. The maximum Gasteiger partial charge on any atom is 0.513 e. The van der Waals surface area contributed by atoms with E-state index >= 15 is 0 Å². The van der Waals surface area contributed by atoms with Gasteiger partial charge in [-0.1, -0.05) is 94.1 Å². The van der Waals surface area contributed by atoms with Gasteiger partial charge in [-0.15, -0.1) is 0 Å². The highest BCUT2D eigenvalue weighted by atomic mass is 28.4. The van der Waals surface area contributed by atoms with E-state index in [0.717, 1.165) is 31.1 Å². The summed E-state index contributed by atoms with van der Waals surface area (Å²) >= 11 is 0. The molecule has 2 aromatic carbocycles. The van der Waals surface area contributed by atoms with E-state index in [1.807, 2.05) is 12.1 Å². The molecule has 164 valence electrons. The second kappa shape index (κ2) is 10.1. The van der Waals surface area contributed by atoms with Gasteiger partial charge in [0.1, 0.15) is 6.10 Å². The normalized spacial score (nSPS) is 16.9. The molecule has 3 rings (SSSR count). The van der Waals surface area contributed by atoms with E-state index < -0.39 is 14.5 Å². The molecule has 0 saturated heterocycles. The van der Waals surface area contributed by atoms with E-state index in [1.54, 1.807) is 0 Å². The summed E-state index contributed by atoms with van der Waals surface area (Å²) in [7, 11) is -2.65. The van der Waals surface area contributed by atoms with Crippen molar-refractivity contribution in [3.63, 3.8) is 0 Å². The van der Waals surface area contributed by atoms with E-state index in [-0.39, 0.29) is 11.1 Å². The molecule has 0 saturated carbocycles. The molecule has 0 N–H and O–H groups in total. The Morgan fingerprint density at radius 2 is 1.65 bits per heavy atom. The smallest absolute Gasteiger partial charge is 0.426 e. The third-order valence-electron chi connectivity index (χ3n) is 5.78.